The highest BCUT2D eigenvalue weighted by Crippen LogP contribution is 2.44. The normalized spacial score (nSPS) is 18.6. The standard InChI is InChI=1S/C22H17F3N2O4S/c1-10-6-14-15(26-19(29)21(14,2)3)9-12(10)13-7-11(4-5-16(13)31-22(23,24)25)8-17-18(28)27-20(30)32-17/h4-9H,1-3H3,(H,26,29)(H,27,28,30)/b17-8-. The Morgan fingerprint density at radius 1 is 1.03 bits per heavy atom. The summed E-state index contributed by atoms with van der Waals surface area (Å²) in [7, 11) is 0. The number of halogens is 3. The fourth-order valence-electron chi connectivity index (χ4n) is 3.65. The average Bonchev–Trinajstić information content (AvgIpc) is 3.10. The lowest BCUT2D eigenvalue weighted by molar-refractivity contribution is -0.274. The van der Waals surface area contributed by atoms with Gasteiger partial charge in [-0.25, -0.2) is 0 Å². The molecule has 0 aromatic heterocycles. The number of nitrogens with one attached hydrogen (secondary N) is 2. The first-order chi connectivity index (χ1) is 14.8. The maximum atomic E-state index is 13.0. The smallest absolute Gasteiger partial charge is 0.405 e. The number of aryl methyl sites for hydroxylation is 1. The van der Waals surface area contributed by atoms with Gasteiger partial charge in [-0.05, 0) is 79.1 Å². The molecule has 6 nitrogen and oxygen atoms in total. The maximum absolute atomic E-state index is 13.0. The molecule has 2 N–H and O–H groups in total. The molecule has 32 heavy (non-hydrogen) atoms. The van der Waals surface area contributed by atoms with Crippen LogP contribution in [0.15, 0.2) is 35.2 Å². The van der Waals surface area contributed by atoms with Crippen molar-refractivity contribution in [3.05, 3.63) is 51.9 Å². The van der Waals surface area contributed by atoms with E-state index in [1.165, 1.54) is 18.2 Å². The van der Waals surface area contributed by atoms with Gasteiger partial charge in [-0.15, -0.1) is 13.2 Å². The predicted octanol–water partition coefficient (Wildman–Crippen LogP) is 5.11. The van der Waals surface area contributed by atoms with Gasteiger partial charge < -0.3 is 10.1 Å². The van der Waals surface area contributed by atoms with Gasteiger partial charge in [0, 0.05) is 11.3 Å². The number of carbonyl (C=O) groups excluding carboxylic acids is 3. The van der Waals surface area contributed by atoms with Crippen LogP contribution < -0.4 is 15.4 Å². The number of ether oxygens (including phenoxy) is 1. The van der Waals surface area contributed by atoms with Gasteiger partial charge in [-0.3, -0.25) is 19.7 Å². The first-order valence-electron chi connectivity index (χ1n) is 9.47. The minimum atomic E-state index is -4.91. The Balaban J connectivity index is 1.86. The van der Waals surface area contributed by atoms with Gasteiger partial charge in [0.15, 0.2) is 0 Å². The van der Waals surface area contributed by atoms with E-state index in [2.05, 4.69) is 15.4 Å². The average molecular weight is 462 g/mol. The van der Waals surface area contributed by atoms with Crippen molar-refractivity contribution in [3.8, 4) is 16.9 Å². The molecular formula is C22H17F3N2O4S. The molecule has 166 valence electrons. The molecule has 1 saturated heterocycles. The van der Waals surface area contributed by atoms with E-state index in [1.807, 2.05) is 0 Å². The van der Waals surface area contributed by atoms with E-state index in [0.717, 1.165) is 11.6 Å². The van der Waals surface area contributed by atoms with Crippen molar-refractivity contribution in [1.82, 2.24) is 5.32 Å². The van der Waals surface area contributed by atoms with Gasteiger partial charge in [0.25, 0.3) is 11.1 Å². The second-order valence-electron chi connectivity index (χ2n) is 7.95. The quantitative estimate of drug-likeness (QED) is 0.619. The highest BCUT2D eigenvalue weighted by Gasteiger charge is 2.39. The Morgan fingerprint density at radius 2 is 1.75 bits per heavy atom. The van der Waals surface area contributed by atoms with Gasteiger partial charge in [0.05, 0.1) is 10.3 Å². The molecule has 3 amide bonds. The minimum absolute atomic E-state index is 0.130. The van der Waals surface area contributed by atoms with E-state index in [9.17, 15) is 27.6 Å². The largest absolute Gasteiger partial charge is 0.573 e. The molecule has 0 unspecified atom stereocenters. The van der Waals surface area contributed by atoms with E-state index in [1.54, 1.807) is 32.9 Å². The van der Waals surface area contributed by atoms with Gasteiger partial charge in [0.1, 0.15) is 5.75 Å². The van der Waals surface area contributed by atoms with Crippen molar-refractivity contribution in [2.24, 2.45) is 0 Å². The lowest BCUT2D eigenvalue weighted by Gasteiger charge is -2.19. The van der Waals surface area contributed by atoms with Crippen LogP contribution in [-0.2, 0) is 15.0 Å². The van der Waals surface area contributed by atoms with E-state index in [0.29, 0.717) is 34.1 Å². The summed E-state index contributed by atoms with van der Waals surface area (Å²) in [6.45, 7) is 5.27. The highest BCUT2D eigenvalue weighted by atomic mass is 32.2. The summed E-state index contributed by atoms with van der Waals surface area (Å²) in [6, 6.07) is 7.35. The Bertz CT molecular complexity index is 1220. The molecule has 10 heteroatoms. The highest BCUT2D eigenvalue weighted by molar-refractivity contribution is 8.18. The minimum Gasteiger partial charge on any atom is -0.405 e. The summed E-state index contributed by atoms with van der Waals surface area (Å²) in [6.07, 6.45) is -3.50. The molecule has 2 heterocycles. The summed E-state index contributed by atoms with van der Waals surface area (Å²) in [5.74, 6) is -1.20. The Morgan fingerprint density at radius 3 is 2.38 bits per heavy atom. The number of hydrogen-bond donors (Lipinski definition) is 2. The van der Waals surface area contributed by atoms with Crippen molar-refractivity contribution in [2.75, 3.05) is 5.32 Å². The number of amides is 3. The van der Waals surface area contributed by atoms with E-state index < -0.39 is 28.7 Å². The molecule has 2 aromatic rings. The second kappa shape index (κ2) is 7.40. The van der Waals surface area contributed by atoms with Crippen LogP contribution in [0.4, 0.5) is 23.7 Å². The van der Waals surface area contributed by atoms with Crippen molar-refractivity contribution in [1.29, 1.82) is 0 Å². The van der Waals surface area contributed by atoms with Gasteiger partial charge in [0.2, 0.25) is 5.91 Å². The molecule has 0 spiro atoms. The molecule has 0 radical (unpaired) electrons. The third-order valence-corrected chi connectivity index (χ3v) is 6.12. The maximum Gasteiger partial charge on any atom is 0.573 e. The van der Waals surface area contributed by atoms with Crippen molar-refractivity contribution in [2.45, 2.75) is 32.5 Å². The van der Waals surface area contributed by atoms with Crippen LogP contribution in [0.2, 0.25) is 0 Å². The molecular weight excluding hydrogens is 445 g/mol. The number of thioether (sulfide) groups is 1. The number of carbonyl (C=O) groups is 3. The fourth-order valence-corrected chi connectivity index (χ4v) is 4.34. The van der Waals surface area contributed by atoms with Crippen LogP contribution in [0.1, 0.15) is 30.5 Å². The zero-order chi connectivity index (χ0) is 23.4. The summed E-state index contributed by atoms with van der Waals surface area (Å²) in [5, 5.41) is 4.38. The Kier molecular flexibility index (Phi) is 5.08. The number of benzene rings is 2. The van der Waals surface area contributed by atoms with E-state index in [4.69, 9.17) is 0 Å². The fraction of sp³-hybridized carbons (Fsp3) is 0.227. The van der Waals surface area contributed by atoms with Crippen LogP contribution in [0.3, 0.4) is 0 Å². The number of rotatable bonds is 3. The molecule has 4 rings (SSSR count). The zero-order valence-corrected chi connectivity index (χ0v) is 18.0. The molecule has 2 aliphatic rings. The summed E-state index contributed by atoms with van der Waals surface area (Å²) >= 11 is 0.707. The number of anilines is 1. The number of fused-ring (bicyclic) bond motifs is 1. The van der Waals surface area contributed by atoms with Crippen LogP contribution in [-0.4, -0.2) is 23.4 Å². The van der Waals surface area contributed by atoms with E-state index in [-0.39, 0.29) is 16.4 Å². The van der Waals surface area contributed by atoms with Crippen LogP contribution in [0.5, 0.6) is 5.75 Å². The lowest BCUT2D eigenvalue weighted by atomic mass is 9.84. The lowest BCUT2D eigenvalue weighted by Crippen LogP contribution is -2.26. The van der Waals surface area contributed by atoms with Gasteiger partial charge in [-0.2, -0.15) is 0 Å². The van der Waals surface area contributed by atoms with Crippen molar-refractivity contribution in [3.63, 3.8) is 0 Å². The third kappa shape index (κ3) is 3.97. The van der Waals surface area contributed by atoms with Crippen molar-refractivity contribution >= 4 is 40.6 Å². The van der Waals surface area contributed by atoms with Gasteiger partial charge >= 0.3 is 6.36 Å². The van der Waals surface area contributed by atoms with Crippen LogP contribution >= 0.6 is 11.8 Å². The predicted molar refractivity (Wildman–Crippen MR) is 114 cm³/mol. The first kappa shape index (κ1) is 21.9. The molecule has 0 atom stereocenters. The topological polar surface area (TPSA) is 84.5 Å². The second-order valence-corrected chi connectivity index (χ2v) is 8.96. The summed E-state index contributed by atoms with van der Waals surface area (Å²) in [4.78, 5) is 35.7. The molecule has 0 bridgehead atoms. The van der Waals surface area contributed by atoms with Crippen LogP contribution in [0, 0.1) is 6.92 Å². The Labute approximate surface area is 185 Å². The molecule has 2 aromatic carbocycles. The molecule has 1 fully saturated rings. The molecule has 0 aliphatic carbocycles. The number of imide groups is 1. The molecule has 0 saturated carbocycles. The van der Waals surface area contributed by atoms with Crippen LogP contribution in [0.25, 0.3) is 17.2 Å². The Hall–Kier alpha value is -3.27. The SMILES string of the molecule is Cc1cc2c(cc1-c1cc(/C=C3\SC(=O)NC3=O)ccc1OC(F)(F)F)NC(=O)C2(C)C. The van der Waals surface area contributed by atoms with Crippen molar-refractivity contribution < 1.29 is 32.3 Å². The number of hydrogen-bond acceptors (Lipinski definition) is 5. The molecule has 2 aliphatic heterocycles. The third-order valence-electron chi connectivity index (χ3n) is 5.31. The first-order valence-corrected chi connectivity index (χ1v) is 10.3. The number of alkyl halides is 3. The van der Waals surface area contributed by atoms with Gasteiger partial charge in [-0.1, -0.05) is 12.1 Å². The van der Waals surface area contributed by atoms with E-state index >= 15 is 0 Å². The monoisotopic (exact) mass is 462 g/mol. The summed E-state index contributed by atoms with van der Waals surface area (Å²) < 4.78 is 43.4. The zero-order valence-electron chi connectivity index (χ0n) is 17.1. The summed E-state index contributed by atoms with van der Waals surface area (Å²) in [5.41, 5.74) is 2.11.